The summed E-state index contributed by atoms with van der Waals surface area (Å²) in [6.45, 7) is 2.36. The van der Waals surface area contributed by atoms with E-state index in [4.69, 9.17) is 10.8 Å². The van der Waals surface area contributed by atoms with Gasteiger partial charge in [0.15, 0.2) is 0 Å². The zero-order valence-corrected chi connectivity index (χ0v) is 17.1. The van der Waals surface area contributed by atoms with Gasteiger partial charge in [-0.05, 0) is 67.1 Å². The van der Waals surface area contributed by atoms with Crippen LogP contribution in [0.25, 0.3) is 27.8 Å². The van der Waals surface area contributed by atoms with Crippen LogP contribution in [0.2, 0.25) is 0 Å². The zero-order valence-electron chi connectivity index (χ0n) is 17.1. The molecule has 3 aromatic carbocycles. The maximum atomic E-state index is 13.4. The zero-order chi connectivity index (χ0) is 21.4. The lowest BCUT2D eigenvalue weighted by Gasteiger charge is -2.08. The molecule has 4 N–H and O–H groups in total. The summed E-state index contributed by atoms with van der Waals surface area (Å²) in [6, 6.07) is 24.6. The molecule has 0 unspecified atom stereocenters. The Morgan fingerprint density at radius 2 is 1.74 bits per heavy atom. The predicted octanol–water partition coefficient (Wildman–Crippen LogP) is 5.67. The molecule has 0 aliphatic carbocycles. The Morgan fingerprint density at radius 3 is 2.42 bits per heavy atom. The lowest BCUT2D eigenvalue weighted by Crippen LogP contribution is -2.07. The van der Waals surface area contributed by atoms with Crippen LogP contribution < -0.4 is 11.1 Å². The van der Waals surface area contributed by atoms with Crippen molar-refractivity contribution in [1.29, 1.82) is 0 Å². The fourth-order valence-electron chi connectivity index (χ4n) is 3.81. The van der Waals surface area contributed by atoms with E-state index in [2.05, 4.69) is 34.6 Å². The van der Waals surface area contributed by atoms with Gasteiger partial charge in [0.2, 0.25) is 0 Å². The second-order valence-corrected chi connectivity index (χ2v) is 7.50. The quantitative estimate of drug-likeness (QED) is 0.349. The molecular formula is C25H22FN5. The van der Waals surface area contributed by atoms with Crippen LogP contribution in [0.4, 0.5) is 15.8 Å². The largest absolute Gasteiger partial charge is 0.359 e. The Hall–Kier alpha value is -3.90. The third kappa shape index (κ3) is 3.58. The van der Waals surface area contributed by atoms with Gasteiger partial charge in [0.25, 0.3) is 0 Å². The minimum Gasteiger partial charge on any atom is -0.359 e. The second kappa shape index (κ2) is 7.74. The van der Waals surface area contributed by atoms with Gasteiger partial charge in [-0.15, -0.1) is 0 Å². The fraction of sp³-hybridized carbons (Fsp3) is 0.0800. The molecule has 0 amide bonds. The number of aryl methyl sites for hydroxylation is 1. The first-order chi connectivity index (χ1) is 15.1. The molecule has 2 aromatic heterocycles. The Morgan fingerprint density at radius 1 is 0.968 bits per heavy atom. The van der Waals surface area contributed by atoms with Gasteiger partial charge in [0.1, 0.15) is 11.3 Å². The van der Waals surface area contributed by atoms with Gasteiger partial charge in [-0.2, -0.15) is 5.10 Å². The lowest BCUT2D eigenvalue weighted by molar-refractivity contribution is 0.627. The van der Waals surface area contributed by atoms with Gasteiger partial charge in [-0.3, -0.25) is 0 Å². The molecule has 0 radical (unpaired) electrons. The first-order valence-electron chi connectivity index (χ1n) is 10.1. The smallest absolute Gasteiger partial charge is 0.123 e. The minimum absolute atomic E-state index is 0.282. The molecular weight excluding hydrogens is 389 g/mol. The Kier molecular flexibility index (Phi) is 4.76. The van der Waals surface area contributed by atoms with Crippen LogP contribution in [-0.2, 0) is 6.54 Å². The molecule has 5 nitrogen and oxygen atoms in total. The van der Waals surface area contributed by atoms with E-state index in [-0.39, 0.29) is 5.82 Å². The van der Waals surface area contributed by atoms with Crippen molar-refractivity contribution in [2.75, 3.05) is 5.32 Å². The van der Waals surface area contributed by atoms with E-state index >= 15 is 0 Å². The highest BCUT2D eigenvalue weighted by atomic mass is 19.1. The van der Waals surface area contributed by atoms with Crippen LogP contribution in [0.15, 0.2) is 78.9 Å². The normalized spacial score (nSPS) is 11.2. The number of nitrogens with one attached hydrogen (secondary N) is 2. The SMILES string of the molecule is Cc1ccc(-c2ccc(Nc3cccc4c(CN)n(-c5ccc(F)cc5)nc34)cc2)[nH]1. The van der Waals surface area contributed by atoms with Gasteiger partial charge in [0.05, 0.1) is 17.1 Å². The highest BCUT2D eigenvalue weighted by Gasteiger charge is 2.14. The average Bonchev–Trinajstić information content (AvgIpc) is 3.39. The molecule has 2 heterocycles. The molecule has 154 valence electrons. The first-order valence-corrected chi connectivity index (χ1v) is 10.1. The van der Waals surface area contributed by atoms with E-state index in [9.17, 15) is 4.39 Å². The van der Waals surface area contributed by atoms with Crippen molar-refractivity contribution in [2.24, 2.45) is 5.73 Å². The number of anilines is 2. The van der Waals surface area contributed by atoms with Crippen LogP contribution in [-0.4, -0.2) is 14.8 Å². The molecule has 0 saturated heterocycles. The number of hydrogen-bond donors (Lipinski definition) is 3. The molecule has 5 aromatic rings. The van der Waals surface area contributed by atoms with Gasteiger partial charge in [0, 0.05) is 29.0 Å². The number of aromatic amines is 1. The maximum Gasteiger partial charge on any atom is 0.123 e. The number of halogens is 1. The van der Waals surface area contributed by atoms with Crippen molar-refractivity contribution in [2.45, 2.75) is 13.5 Å². The number of benzene rings is 3. The summed E-state index contributed by atoms with van der Waals surface area (Å²) < 4.78 is 15.2. The number of aromatic nitrogens is 3. The number of hydrogen-bond acceptors (Lipinski definition) is 3. The Labute approximate surface area is 179 Å². The van der Waals surface area contributed by atoms with E-state index in [1.54, 1.807) is 16.8 Å². The number of H-pyrrole nitrogens is 1. The summed E-state index contributed by atoms with van der Waals surface area (Å²) in [5, 5.41) is 9.23. The second-order valence-electron chi connectivity index (χ2n) is 7.50. The van der Waals surface area contributed by atoms with Gasteiger partial charge >= 0.3 is 0 Å². The van der Waals surface area contributed by atoms with Crippen molar-refractivity contribution in [1.82, 2.24) is 14.8 Å². The minimum atomic E-state index is -0.282. The maximum absolute atomic E-state index is 13.4. The summed E-state index contributed by atoms with van der Waals surface area (Å²) >= 11 is 0. The van der Waals surface area contributed by atoms with Crippen LogP contribution in [0, 0.1) is 12.7 Å². The van der Waals surface area contributed by atoms with Gasteiger partial charge in [-0.1, -0.05) is 24.3 Å². The van der Waals surface area contributed by atoms with Crippen molar-refractivity contribution < 1.29 is 4.39 Å². The van der Waals surface area contributed by atoms with Crippen molar-refractivity contribution in [3.8, 4) is 16.9 Å². The van der Waals surface area contributed by atoms with Crippen molar-refractivity contribution >= 4 is 22.3 Å². The standard InChI is InChI=1S/C25H22FN5/c1-16-5-14-22(28-16)17-6-10-19(11-7-17)29-23-4-2-3-21-24(15-27)31(30-25(21)23)20-12-8-18(26)9-13-20/h2-14,28-29H,15,27H2,1H3. The molecule has 6 heteroatoms. The van der Waals surface area contributed by atoms with Crippen molar-refractivity contribution in [3.05, 3.63) is 96.1 Å². The molecule has 0 aliphatic rings. The molecule has 0 fully saturated rings. The van der Waals surface area contributed by atoms with E-state index in [1.165, 1.54) is 12.1 Å². The molecule has 0 saturated carbocycles. The molecule has 0 spiro atoms. The number of nitrogens with zero attached hydrogens (tertiary/aromatic N) is 2. The molecule has 5 rings (SSSR count). The number of nitrogens with two attached hydrogens (primary N) is 1. The third-order valence-corrected chi connectivity index (χ3v) is 5.37. The van der Waals surface area contributed by atoms with E-state index < -0.39 is 0 Å². The summed E-state index contributed by atoms with van der Waals surface area (Å²) in [5.74, 6) is -0.282. The number of fused-ring (bicyclic) bond motifs is 1. The van der Waals surface area contributed by atoms with Crippen LogP contribution in [0.5, 0.6) is 0 Å². The third-order valence-electron chi connectivity index (χ3n) is 5.37. The summed E-state index contributed by atoms with van der Waals surface area (Å²) in [5.41, 5.74) is 13.7. The van der Waals surface area contributed by atoms with Gasteiger partial charge < -0.3 is 16.0 Å². The van der Waals surface area contributed by atoms with Crippen LogP contribution in [0.3, 0.4) is 0 Å². The van der Waals surface area contributed by atoms with E-state index in [0.717, 1.165) is 50.6 Å². The van der Waals surface area contributed by atoms with Crippen LogP contribution >= 0.6 is 0 Å². The van der Waals surface area contributed by atoms with Crippen LogP contribution in [0.1, 0.15) is 11.4 Å². The van der Waals surface area contributed by atoms with E-state index in [1.807, 2.05) is 37.3 Å². The van der Waals surface area contributed by atoms with Crippen molar-refractivity contribution in [3.63, 3.8) is 0 Å². The highest BCUT2D eigenvalue weighted by Crippen LogP contribution is 2.30. The lowest BCUT2D eigenvalue weighted by atomic mass is 10.1. The molecule has 31 heavy (non-hydrogen) atoms. The topological polar surface area (TPSA) is 71.7 Å². The molecule has 0 atom stereocenters. The Bertz CT molecular complexity index is 1350. The summed E-state index contributed by atoms with van der Waals surface area (Å²) in [4.78, 5) is 3.35. The first kappa shape index (κ1) is 19.1. The number of rotatable bonds is 5. The summed E-state index contributed by atoms with van der Waals surface area (Å²) in [6.07, 6.45) is 0. The monoisotopic (exact) mass is 411 g/mol. The fourth-order valence-corrected chi connectivity index (χ4v) is 3.81. The highest BCUT2D eigenvalue weighted by molar-refractivity contribution is 5.94. The average molecular weight is 411 g/mol. The summed E-state index contributed by atoms with van der Waals surface area (Å²) in [7, 11) is 0. The molecule has 0 aliphatic heterocycles. The Balaban J connectivity index is 1.51. The van der Waals surface area contributed by atoms with Gasteiger partial charge in [-0.25, -0.2) is 9.07 Å². The molecule has 0 bridgehead atoms. The predicted molar refractivity (Wildman–Crippen MR) is 123 cm³/mol. The van der Waals surface area contributed by atoms with E-state index in [0.29, 0.717) is 6.54 Å².